The van der Waals surface area contributed by atoms with E-state index >= 15 is 0 Å². The predicted molar refractivity (Wildman–Crippen MR) is 116 cm³/mol. The molecule has 1 fully saturated rings. The van der Waals surface area contributed by atoms with Crippen LogP contribution in [0, 0.1) is 5.82 Å². The summed E-state index contributed by atoms with van der Waals surface area (Å²) in [4.78, 5) is 19.3. The van der Waals surface area contributed by atoms with Crippen LogP contribution in [-0.2, 0) is 4.74 Å². The summed E-state index contributed by atoms with van der Waals surface area (Å²) in [6, 6.07) is 16.0. The minimum Gasteiger partial charge on any atom is -0.370 e. The number of hydrogen-bond acceptors (Lipinski definition) is 5. The molecule has 1 aliphatic rings. The maximum atomic E-state index is 13.2. The fraction of sp³-hybridized carbons (Fsp3) is 0.174. The molecule has 2 aromatic heterocycles. The van der Waals surface area contributed by atoms with E-state index in [9.17, 15) is 9.18 Å². The van der Waals surface area contributed by atoms with E-state index in [2.05, 4.69) is 10.1 Å². The predicted octanol–water partition coefficient (Wildman–Crippen LogP) is 4.35. The Morgan fingerprint density at radius 3 is 2.74 bits per heavy atom. The van der Waals surface area contributed by atoms with Gasteiger partial charge in [0.1, 0.15) is 22.6 Å². The lowest BCUT2D eigenvalue weighted by Crippen LogP contribution is -2.42. The molecule has 1 amide bonds. The number of hydrogen-bond donors (Lipinski definition) is 0. The number of thiazole rings is 1. The summed E-state index contributed by atoms with van der Waals surface area (Å²) in [7, 11) is 0. The third kappa shape index (κ3) is 4.12. The third-order valence-electron chi connectivity index (χ3n) is 5.17. The standard InChI is InChI=1S/C23H19FN4O2S/c24-18-8-6-16(7-9-18)21-14-27(10-11-30-21)23(29)20-15-31-22(26-20)17-12-25-28(13-17)19-4-2-1-3-5-19/h1-9,12-13,15,21H,10-11,14H2. The van der Waals surface area contributed by atoms with Gasteiger partial charge in [0.2, 0.25) is 0 Å². The molecular formula is C23H19FN4O2S. The van der Waals surface area contributed by atoms with Crippen LogP contribution in [0.5, 0.6) is 0 Å². The molecule has 4 aromatic rings. The highest BCUT2D eigenvalue weighted by atomic mass is 32.1. The zero-order valence-electron chi connectivity index (χ0n) is 16.5. The number of carbonyl (C=O) groups is 1. The normalized spacial score (nSPS) is 16.4. The molecule has 1 saturated heterocycles. The minimum absolute atomic E-state index is 0.131. The number of carbonyl (C=O) groups excluding carboxylic acids is 1. The van der Waals surface area contributed by atoms with E-state index in [4.69, 9.17) is 4.74 Å². The van der Waals surface area contributed by atoms with Gasteiger partial charge in [0.15, 0.2) is 0 Å². The van der Waals surface area contributed by atoms with Gasteiger partial charge in [-0.3, -0.25) is 4.79 Å². The molecule has 5 rings (SSSR count). The van der Waals surface area contributed by atoms with E-state index in [1.54, 1.807) is 33.3 Å². The smallest absolute Gasteiger partial charge is 0.273 e. The second-order valence-electron chi connectivity index (χ2n) is 7.21. The van der Waals surface area contributed by atoms with Crippen LogP contribution in [0.25, 0.3) is 16.3 Å². The molecule has 1 unspecified atom stereocenters. The molecule has 0 N–H and O–H groups in total. The van der Waals surface area contributed by atoms with Gasteiger partial charge in [0, 0.05) is 23.7 Å². The van der Waals surface area contributed by atoms with Crippen molar-refractivity contribution in [2.24, 2.45) is 0 Å². The average molecular weight is 434 g/mol. The van der Waals surface area contributed by atoms with Crippen molar-refractivity contribution in [1.29, 1.82) is 0 Å². The number of morpholine rings is 1. The van der Waals surface area contributed by atoms with E-state index in [0.717, 1.165) is 21.8 Å². The molecule has 31 heavy (non-hydrogen) atoms. The topological polar surface area (TPSA) is 60.2 Å². The lowest BCUT2D eigenvalue weighted by atomic mass is 10.1. The molecule has 0 radical (unpaired) electrons. The van der Waals surface area contributed by atoms with Gasteiger partial charge >= 0.3 is 0 Å². The van der Waals surface area contributed by atoms with Crippen LogP contribution in [-0.4, -0.2) is 45.3 Å². The second-order valence-corrected chi connectivity index (χ2v) is 8.07. The summed E-state index contributed by atoms with van der Waals surface area (Å²) in [6.45, 7) is 1.33. The Morgan fingerprint density at radius 1 is 1.13 bits per heavy atom. The number of amides is 1. The van der Waals surface area contributed by atoms with Crippen LogP contribution in [0.4, 0.5) is 4.39 Å². The van der Waals surface area contributed by atoms with Crippen molar-refractivity contribution in [2.45, 2.75) is 6.10 Å². The van der Waals surface area contributed by atoms with E-state index in [1.165, 1.54) is 23.5 Å². The van der Waals surface area contributed by atoms with Crippen molar-refractivity contribution in [3.8, 4) is 16.3 Å². The molecule has 1 aliphatic heterocycles. The quantitative estimate of drug-likeness (QED) is 0.479. The van der Waals surface area contributed by atoms with Gasteiger partial charge in [0.05, 0.1) is 25.0 Å². The summed E-state index contributed by atoms with van der Waals surface area (Å²) >= 11 is 1.42. The van der Waals surface area contributed by atoms with Gasteiger partial charge < -0.3 is 9.64 Å². The van der Waals surface area contributed by atoms with Gasteiger partial charge in [-0.2, -0.15) is 5.10 Å². The maximum Gasteiger partial charge on any atom is 0.273 e. The van der Waals surface area contributed by atoms with Crippen LogP contribution >= 0.6 is 11.3 Å². The number of benzene rings is 2. The molecule has 0 bridgehead atoms. The molecule has 0 saturated carbocycles. The van der Waals surface area contributed by atoms with Crippen molar-refractivity contribution in [1.82, 2.24) is 19.7 Å². The average Bonchev–Trinajstić information content (AvgIpc) is 3.50. The van der Waals surface area contributed by atoms with Crippen molar-refractivity contribution in [3.05, 3.63) is 89.4 Å². The molecular weight excluding hydrogens is 415 g/mol. The lowest BCUT2D eigenvalue weighted by molar-refractivity contribution is -0.0230. The van der Waals surface area contributed by atoms with Crippen LogP contribution in [0.1, 0.15) is 22.2 Å². The lowest BCUT2D eigenvalue weighted by Gasteiger charge is -2.32. The molecule has 8 heteroatoms. The number of nitrogens with zero attached hydrogens (tertiary/aromatic N) is 4. The number of ether oxygens (including phenoxy) is 1. The van der Waals surface area contributed by atoms with Gasteiger partial charge in [-0.15, -0.1) is 11.3 Å². The van der Waals surface area contributed by atoms with Crippen LogP contribution in [0.2, 0.25) is 0 Å². The Hall–Kier alpha value is -3.36. The van der Waals surface area contributed by atoms with Gasteiger partial charge in [-0.25, -0.2) is 14.1 Å². The van der Waals surface area contributed by atoms with Gasteiger partial charge in [-0.1, -0.05) is 30.3 Å². The Morgan fingerprint density at radius 2 is 1.94 bits per heavy atom. The highest BCUT2D eigenvalue weighted by Gasteiger charge is 2.27. The molecule has 2 aromatic carbocycles. The van der Waals surface area contributed by atoms with Crippen molar-refractivity contribution >= 4 is 17.2 Å². The first-order chi connectivity index (χ1) is 15.2. The molecule has 0 spiro atoms. The summed E-state index contributed by atoms with van der Waals surface area (Å²) in [5, 5.41) is 6.92. The van der Waals surface area contributed by atoms with Gasteiger partial charge in [0.25, 0.3) is 5.91 Å². The van der Waals surface area contributed by atoms with E-state index in [1.807, 2.05) is 36.5 Å². The zero-order valence-corrected chi connectivity index (χ0v) is 17.3. The first kappa shape index (κ1) is 19.6. The summed E-state index contributed by atoms with van der Waals surface area (Å²) in [5.41, 5.74) is 3.08. The van der Waals surface area contributed by atoms with Crippen LogP contribution < -0.4 is 0 Å². The van der Waals surface area contributed by atoms with E-state index in [-0.39, 0.29) is 17.8 Å². The number of halogens is 1. The number of para-hydroxylation sites is 1. The Kier molecular flexibility index (Phi) is 5.31. The second kappa shape index (κ2) is 8.41. The van der Waals surface area contributed by atoms with Crippen molar-refractivity contribution in [3.63, 3.8) is 0 Å². The summed E-state index contributed by atoms with van der Waals surface area (Å²) in [5.74, 6) is -0.425. The number of aromatic nitrogens is 3. The van der Waals surface area contributed by atoms with Crippen LogP contribution in [0.15, 0.2) is 72.4 Å². The van der Waals surface area contributed by atoms with Crippen LogP contribution in [0.3, 0.4) is 0 Å². The molecule has 3 heterocycles. The fourth-order valence-electron chi connectivity index (χ4n) is 3.53. The minimum atomic E-state index is -0.293. The Balaban J connectivity index is 1.31. The Labute approximate surface area is 182 Å². The largest absolute Gasteiger partial charge is 0.370 e. The fourth-order valence-corrected chi connectivity index (χ4v) is 4.30. The number of rotatable bonds is 4. The molecule has 156 valence electrons. The third-order valence-corrected chi connectivity index (χ3v) is 6.06. The summed E-state index contributed by atoms with van der Waals surface area (Å²) in [6.07, 6.45) is 3.38. The van der Waals surface area contributed by atoms with Crippen molar-refractivity contribution < 1.29 is 13.9 Å². The molecule has 0 aliphatic carbocycles. The van der Waals surface area contributed by atoms with Crippen molar-refractivity contribution in [2.75, 3.05) is 19.7 Å². The maximum absolute atomic E-state index is 13.2. The van der Waals surface area contributed by atoms with E-state index < -0.39 is 0 Å². The Bertz CT molecular complexity index is 1190. The van der Waals surface area contributed by atoms with Gasteiger partial charge in [-0.05, 0) is 29.8 Å². The highest BCUT2D eigenvalue weighted by molar-refractivity contribution is 7.13. The monoisotopic (exact) mass is 434 g/mol. The zero-order chi connectivity index (χ0) is 21.2. The molecule has 6 nitrogen and oxygen atoms in total. The molecule has 1 atom stereocenters. The van der Waals surface area contributed by atoms with E-state index in [0.29, 0.717) is 25.4 Å². The SMILES string of the molecule is O=C(c1csc(-c2cnn(-c3ccccc3)c2)n1)N1CCOC(c2ccc(F)cc2)C1. The first-order valence-corrected chi connectivity index (χ1v) is 10.8. The summed E-state index contributed by atoms with van der Waals surface area (Å²) < 4.78 is 20.8. The first-order valence-electron chi connectivity index (χ1n) is 9.90. The highest BCUT2D eigenvalue weighted by Crippen LogP contribution is 2.27.